The van der Waals surface area contributed by atoms with Gasteiger partial charge in [-0.2, -0.15) is 0 Å². The molecule has 1 atom stereocenters. The average molecular weight is 465 g/mol. The van der Waals surface area contributed by atoms with Crippen molar-refractivity contribution in [3.8, 4) is 5.75 Å². The summed E-state index contributed by atoms with van der Waals surface area (Å²) in [6.45, 7) is 7.94. The Bertz CT molecular complexity index is 925. The Hall–Kier alpha value is -2.24. The number of halogens is 2. The lowest BCUT2D eigenvalue weighted by Crippen LogP contribution is -2.53. The summed E-state index contributed by atoms with van der Waals surface area (Å²) >= 11 is 12.1. The van der Waals surface area contributed by atoms with Crippen LogP contribution in [0.2, 0.25) is 10.0 Å². The molecule has 0 fully saturated rings. The van der Waals surface area contributed by atoms with Gasteiger partial charge in [0.2, 0.25) is 11.8 Å². The largest absolute Gasteiger partial charge is 0.497 e. The number of methoxy groups -OCH3 is 1. The van der Waals surface area contributed by atoms with E-state index >= 15 is 0 Å². The molecule has 2 aromatic carbocycles. The topological polar surface area (TPSA) is 58.6 Å². The zero-order valence-corrected chi connectivity index (χ0v) is 20.2. The maximum atomic E-state index is 13.4. The highest BCUT2D eigenvalue weighted by Crippen LogP contribution is 2.24. The van der Waals surface area contributed by atoms with Crippen molar-refractivity contribution in [3.63, 3.8) is 0 Å². The average Bonchev–Trinajstić information content (AvgIpc) is 2.69. The molecule has 0 aliphatic rings. The van der Waals surface area contributed by atoms with E-state index in [2.05, 4.69) is 5.32 Å². The van der Waals surface area contributed by atoms with E-state index in [9.17, 15) is 9.59 Å². The fourth-order valence-corrected chi connectivity index (χ4v) is 3.59. The number of benzene rings is 2. The minimum absolute atomic E-state index is 0.111. The van der Waals surface area contributed by atoms with Crippen LogP contribution in [0.3, 0.4) is 0 Å². The number of hydrogen-bond donors (Lipinski definition) is 1. The second-order valence-corrected chi connectivity index (χ2v) is 9.28. The van der Waals surface area contributed by atoms with Gasteiger partial charge in [0.15, 0.2) is 0 Å². The number of nitrogens with one attached hydrogen (secondary N) is 1. The molecule has 0 aromatic heterocycles. The van der Waals surface area contributed by atoms with Gasteiger partial charge in [0.05, 0.1) is 23.6 Å². The second-order valence-electron chi connectivity index (χ2n) is 8.46. The summed E-state index contributed by atoms with van der Waals surface area (Å²) in [6, 6.07) is 12.0. The molecule has 0 aliphatic carbocycles. The van der Waals surface area contributed by atoms with Crippen LogP contribution in [-0.4, -0.2) is 35.4 Å². The lowest BCUT2D eigenvalue weighted by atomic mass is 10.0. The van der Waals surface area contributed by atoms with Crippen LogP contribution < -0.4 is 10.1 Å². The van der Waals surface area contributed by atoms with Crippen molar-refractivity contribution in [2.75, 3.05) is 7.11 Å². The Kier molecular flexibility index (Phi) is 8.78. The molecule has 7 heteroatoms. The van der Waals surface area contributed by atoms with Crippen molar-refractivity contribution in [2.45, 2.75) is 58.7 Å². The number of rotatable bonds is 8. The smallest absolute Gasteiger partial charge is 0.243 e. The fourth-order valence-electron chi connectivity index (χ4n) is 3.27. The quantitative estimate of drug-likeness (QED) is 0.578. The first-order valence-electron chi connectivity index (χ1n) is 10.2. The normalized spacial score (nSPS) is 12.2. The maximum Gasteiger partial charge on any atom is 0.243 e. The highest BCUT2D eigenvalue weighted by atomic mass is 35.5. The van der Waals surface area contributed by atoms with E-state index in [0.717, 1.165) is 11.1 Å². The van der Waals surface area contributed by atoms with Crippen LogP contribution in [0.25, 0.3) is 0 Å². The highest BCUT2D eigenvalue weighted by Gasteiger charge is 2.30. The lowest BCUT2D eigenvalue weighted by Gasteiger charge is -2.33. The van der Waals surface area contributed by atoms with Crippen molar-refractivity contribution in [3.05, 3.63) is 63.6 Å². The molecular weight excluding hydrogens is 435 g/mol. The van der Waals surface area contributed by atoms with Crippen molar-refractivity contribution >= 4 is 35.0 Å². The van der Waals surface area contributed by atoms with Gasteiger partial charge >= 0.3 is 0 Å². The SMILES string of the molecule is CCC(C(=O)NC(C)(C)C)N(Cc1cccc(OC)c1)C(=O)Cc1ccc(Cl)c(Cl)c1. The minimum Gasteiger partial charge on any atom is -0.497 e. The Balaban J connectivity index is 2.35. The van der Waals surface area contributed by atoms with Gasteiger partial charge in [-0.25, -0.2) is 0 Å². The molecule has 2 amide bonds. The molecule has 0 bridgehead atoms. The number of carbonyl (C=O) groups is 2. The van der Waals surface area contributed by atoms with Gasteiger partial charge in [0, 0.05) is 12.1 Å². The first-order valence-corrected chi connectivity index (χ1v) is 11.0. The van der Waals surface area contributed by atoms with Gasteiger partial charge < -0.3 is 15.0 Å². The monoisotopic (exact) mass is 464 g/mol. The molecular formula is C24H30Cl2N2O3. The third kappa shape index (κ3) is 7.44. The molecule has 5 nitrogen and oxygen atoms in total. The molecule has 1 unspecified atom stereocenters. The Morgan fingerprint density at radius 2 is 1.77 bits per heavy atom. The van der Waals surface area contributed by atoms with Crippen LogP contribution >= 0.6 is 23.2 Å². The molecule has 1 N–H and O–H groups in total. The van der Waals surface area contributed by atoms with Crippen LogP contribution in [0, 0.1) is 0 Å². The summed E-state index contributed by atoms with van der Waals surface area (Å²) in [5.74, 6) is 0.346. The third-order valence-electron chi connectivity index (χ3n) is 4.71. The molecule has 31 heavy (non-hydrogen) atoms. The van der Waals surface area contributed by atoms with Gasteiger partial charge in [-0.1, -0.05) is 48.3 Å². The van der Waals surface area contributed by atoms with Crippen LogP contribution in [-0.2, 0) is 22.6 Å². The summed E-state index contributed by atoms with van der Waals surface area (Å²) in [5.41, 5.74) is 1.21. The second kappa shape index (κ2) is 10.9. The van der Waals surface area contributed by atoms with E-state index in [0.29, 0.717) is 22.2 Å². The van der Waals surface area contributed by atoms with Gasteiger partial charge in [-0.3, -0.25) is 9.59 Å². The molecule has 0 saturated carbocycles. The fraction of sp³-hybridized carbons (Fsp3) is 0.417. The molecule has 2 rings (SSSR count). The first-order chi connectivity index (χ1) is 14.5. The summed E-state index contributed by atoms with van der Waals surface area (Å²) < 4.78 is 5.31. The van der Waals surface area contributed by atoms with E-state index in [1.807, 2.05) is 52.0 Å². The zero-order chi connectivity index (χ0) is 23.2. The van der Waals surface area contributed by atoms with E-state index < -0.39 is 11.6 Å². The van der Waals surface area contributed by atoms with Crippen molar-refractivity contribution in [2.24, 2.45) is 0 Å². The Morgan fingerprint density at radius 3 is 2.35 bits per heavy atom. The minimum atomic E-state index is -0.610. The van der Waals surface area contributed by atoms with Gasteiger partial charge in [0.1, 0.15) is 11.8 Å². The summed E-state index contributed by atoms with van der Waals surface area (Å²) in [7, 11) is 1.60. The van der Waals surface area contributed by atoms with E-state index in [-0.39, 0.29) is 24.8 Å². The summed E-state index contributed by atoms with van der Waals surface area (Å²) in [6.07, 6.45) is 0.596. The molecule has 2 aromatic rings. The van der Waals surface area contributed by atoms with Crippen LogP contribution in [0.1, 0.15) is 45.2 Å². The van der Waals surface area contributed by atoms with Gasteiger partial charge in [-0.15, -0.1) is 0 Å². The lowest BCUT2D eigenvalue weighted by molar-refractivity contribution is -0.141. The molecule has 0 spiro atoms. The number of amides is 2. The zero-order valence-electron chi connectivity index (χ0n) is 18.7. The van der Waals surface area contributed by atoms with Crippen LogP contribution in [0.15, 0.2) is 42.5 Å². The van der Waals surface area contributed by atoms with Gasteiger partial charge in [-0.05, 0) is 62.6 Å². The molecule has 0 aliphatic heterocycles. The number of carbonyl (C=O) groups excluding carboxylic acids is 2. The predicted molar refractivity (Wildman–Crippen MR) is 126 cm³/mol. The molecule has 0 saturated heterocycles. The van der Waals surface area contributed by atoms with E-state index in [1.165, 1.54) is 0 Å². The number of ether oxygens (including phenoxy) is 1. The van der Waals surface area contributed by atoms with Crippen LogP contribution in [0.4, 0.5) is 0 Å². The predicted octanol–water partition coefficient (Wildman–Crippen LogP) is 5.27. The van der Waals surface area contributed by atoms with E-state index in [1.54, 1.807) is 30.2 Å². The maximum absolute atomic E-state index is 13.4. The molecule has 0 radical (unpaired) electrons. The van der Waals surface area contributed by atoms with Crippen molar-refractivity contribution < 1.29 is 14.3 Å². The van der Waals surface area contributed by atoms with Gasteiger partial charge in [0.25, 0.3) is 0 Å². The third-order valence-corrected chi connectivity index (χ3v) is 5.45. The van der Waals surface area contributed by atoms with Crippen LogP contribution in [0.5, 0.6) is 5.75 Å². The standard InChI is InChI=1S/C24H30Cl2N2O3/c1-6-21(23(30)27-24(2,3)4)28(15-17-8-7-9-18(12-17)31-5)22(29)14-16-10-11-19(25)20(26)13-16/h7-13,21H,6,14-15H2,1-5H3,(H,27,30). The van der Waals surface area contributed by atoms with E-state index in [4.69, 9.17) is 27.9 Å². The highest BCUT2D eigenvalue weighted by molar-refractivity contribution is 6.42. The Morgan fingerprint density at radius 1 is 1.06 bits per heavy atom. The number of hydrogen-bond acceptors (Lipinski definition) is 3. The Labute approximate surface area is 194 Å². The summed E-state index contributed by atoms with van der Waals surface area (Å²) in [4.78, 5) is 28.0. The molecule has 168 valence electrons. The first kappa shape index (κ1) is 25.0. The summed E-state index contributed by atoms with van der Waals surface area (Å²) in [5, 5.41) is 3.82. The van der Waals surface area contributed by atoms with Crippen molar-refractivity contribution in [1.29, 1.82) is 0 Å². The van der Waals surface area contributed by atoms with Crippen molar-refractivity contribution in [1.82, 2.24) is 10.2 Å². The molecule has 0 heterocycles. The number of nitrogens with zero attached hydrogens (tertiary/aromatic N) is 1.